The first-order valence-electron chi connectivity index (χ1n) is 7.63. The van der Waals surface area contributed by atoms with E-state index in [9.17, 15) is 0 Å². The summed E-state index contributed by atoms with van der Waals surface area (Å²) in [7, 11) is 1.71. The Hall–Kier alpha value is -1.93. The molecule has 2 nitrogen and oxygen atoms in total. The maximum atomic E-state index is 6.43. The Labute approximate surface area is 135 Å². The van der Waals surface area contributed by atoms with Gasteiger partial charge in [0, 0.05) is 5.92 Å². The van der Waals surface area contributed by atoms with Crippen LogP contribution in [0.1, 0.15) is 29.5 Å². The summed E-state index contributed by atoms with van der Waals surface area (Å²) in [6, 6.07) is 14.7. The van der Waals surface area contributed by atoms with Gasteiger partial charge in [0.05, 0.1) is 23.9 Å². The van der Waals surface area contributed by atoms with Crippen molar-refractivity contribution in [2.24, 2.45) is 5.92 Å². The van der Waals surface area contributed by atoms with E-state index in [1.807, 2.05) is 18.2 Å². The summed E-state index contributed by atoms with van der Waals surface area (Å²) in [4.78, 5) is 0. The third-order valence-corrected chi connectivity index (χ3v) is 5.11. The van der Waals surface area contributed by atoms with Gasteiger partial charge < -0.3 is 10.1 Å². The predicted molar refractivity (Wildman–Crippen MR) is 90.8 cm³/mol. The lowest BCUT2D eigenvalue weighted by Crippen LogP contribution is -2.29. The molecule has 0 amide bonds. The van der Waals surface area contributed by atoms with Crippen LogP contribution < -0.4 is 10.1 Å². The van der Waals surface area contributed by atoms with E-state index >= 15 is 0 Å². The molecule has 2 aliphatic rings. The van der Waals surface area contributed by atoms with Crippen molar-refractivity contribution in [1.29, 1.82) is 0 Å². The van der Waals surface area contributed by atoms with Crippen molar-refractivity contribution in [3.63, 3.8) is 0 Å². The largest absolute Gasteiger partial charge is 0.497 e. The molecule has 4 rings (SSSR count). The highest BCUT2D eigenvalue weighted by Crippen LogP contribution is 2.51. The van der Waals surface area contributed by atoms with Crippen LogP contribution in [0.3, 0.4) is 0 Å². The Balaban J connectivity index is 1.80. The molecule has 0 radical (unpaired) electrons. The Morgan fingerprint density at radius 2 is 2.05 bits per heavy atom. The van der Waals surface area contributed by atoms with Gasteiger partial charge in [-0.2, -0.15) is 0 Å². The van der Waals surface area contributed by atoms with E-state index in [1.54, 1.807) is 7.11 Å². The number of allylic oxidation sites excluding steroid dienone is 2. The summed E-state index contributed by atoms with van der Waals surface area (Å²) in [6.07, 6.45) is 5.71. The smallest absolute Gasteiger partial charge is 0.119 e. The quantitative estimate of drug-likeness (QED) is 0.772. The molecule has 22 heavy (non-hydrogen) atoms. The molecule has 1 N–H and O–H groups in total. The number of methoxy groups -OCH3 is 1. The standard InChI is InChI=1S/C19H18ClNO/c1-22-13-6-2-5-12(11-13)18-15-8-3-7-14(15)16-9-4-10-17(20)19(16)21-18/h2-7,9-11,14-15,18,21H,8H2,1H3/t14-,15+,18-/m0/s1. The first-order chi connectivity index (χ1) is 10.8. The second-order valence-electron chi connectivity index (χ2n) is 5.96. The number of hydrogen-bond donors (Lipinski definition) is 1. The Bertz CT molecular complexity index is 740. The van der Waals surface area contributed by atoms with Gasteiger partial charge in [0.15, 0.2) is 0 Å². The van der Waals surface area contributed by atoms with Crippen molar-refractivity contribution in [1.82, 2.24) is 0 Å². The molecule has 3 heteroatoms. The molecular formula is C19H18ClNO. The zero-order chi connectivity index (χ0) is 15.1. The summed E-state index contributed by atoms with van der Waals surface area (Å²) in [5, 5.41) is 4.47. The van der Waals surface area contributed by atoms with E-state index in [0.717, 1.165) is 22.9 Å². The minimum Gasteiger partial charge on any atom is -0.497 e. The van der Waals surface area contributed by atoms with Crippen LogP contribution in [0.2, 0.25) is 5.02 Å². The van der Waals surface area contributed by atoms with Gasteiger partial charge in [-0.05, 0) is 41.7 Å². The summed E-state index contributed by atoms with van der Waals surface area (Å²) >= 11 is 6.43. The molecule has 0 aromatic heterocycles. The van der Waals surface area contributed by atoms with Crippen LogP contribution in [0.4, 0.5) is 5.69 Å². The molecule has 0 fully saturated rings. The number of rotatable bonds is 2. The molecule has 1 aliphatic heterocycles. The highest BCUT2D eigenvalue weighted by Gasteiger charge is 2.38. The van der Waals surface area contributed by atoms with E-state index in [4.69, 9.17) is 16.3 Å². The first-order valence-corrected chi connectivity index (χ1v) is 8.01. The molecule has 2 aromatic rings. The molecule has 0 saturated carbocycles. The van der Waals surface area contributed by atoms with Crippen molar-refractivity contribution >= 4 is 17.3 Å². The average molecular weight is 312 g/mol. The number of para-hydroxylation sites is 1. The number of nitrogens with one attached hydrogen (secondary N) is 1. The number of fused-ring (bicyclic) bond motifs is 3. The van der Waals surface area contributed by atoms with Crippen molar-refractivity contribution in [3.8, 4) is 5.75 Å². The maximum Gasteiger partial charge on any atom is 0.119 e. The average Bonchev–Trinajstić information content (AvgIpc) is 3.04. The topological polar surface area (TPSA) is 21.3 Å². The van der Waals surface area contributed by atoms with Gasteiger partial charge in [-0.15, -0.1) is 0 Å². The normalized spacial score (nSPS) is 25.3. The fourth-order valence-corrected chi connectivity index (χ4v) is 3.98. The van der Waals surface area contributed by atoms with Crippen LogP contribution in [0.15, 0.2) is 54.6 Å². The van der Waals surface area contributed by atoms with Crippen molar-refractivity contribution in [2.75, 3.05) is 12.4 Å². The molecule has 1 aliphatic carbocycles. The minimum absolute atomic E-state index is 0.252. The number of anilines is 1. The minimum atomic E-state index is 0.252. The summed E-state index contributed by atoms with van der Waals surface area (Å²) < 4.78 is 5.38. The van der Waals surface area contributed by atoms with Gasteiger partial charge in [-0.25, -0.2) is 0 Å². The Morgan fingerprint density at radius 1 is 1.18 bits per heavy atom. The van der Waals surface area contributed by atoms with Crippen LogP contribution in [-0.2, 0) is 0 Å². The van der Waals surface area contributed by atoms with Gasteiger partial charge in [0.25, 0.3) is 0 Å². The molecule has 0 unspecified atom stereocenters. The third-order valence-electron chi connectivity index (χ3n) is 4.80. The SMILES string of the molecule is COc1cccc([C@@H]2Nc3c(Cl)cccc3[C@H]3C=CC[C@H]32)c1. The van der Waals surface area contributed by atoms with Crippen LogP contribution in [0.5, 0.6) is 5.75 Å². The number of halogens is 1. The summed E-state index contributed by atoms with van der Waals surface area (Å²) in [5.74, 6) is 1.86. The van der Waals surface area contributed by atoms with Crippen molar-refractivity contribution in [2.45, 2.75) is 18.4 Å². The first kappa shape index (κ1) is 13.7. The van der Waals surface area contributed by atoms with E-state index < -0.39 is 0 Å². The lowest BCUT2D eigenvalue weighted by atomic mass is 9.77. The molecule has 1 heterocycles. The second kappa shape index (κ2) is 5.36. The van der Waals surface area contributed by atoms with Crippen LogP contribution >= 0.6 is 11.6 Å². The number of ether oxygens (including phenoxy) is 1. The molecule has 0 saturated heterocycles. The molecular weight excluding hydrogens is 294 g/mol. The van der Waals surface area contributed by atoms with E-state index in [0.29, 0.717) is 11.8 Å². The predicted octanol–water partition coefficient (Wildman–Crippen LogP) is 5.18. The molecule has 3 atom stereocenters. The molecule has 112 valence electrons. The van der Waals surface area contributed by atoms with Crippen LogP contribution in [0.25, 0.3) is 0 Å². The number of hydrogen-bond acceptors (Lipinski definition) is 2. The van der Waals surface area contributed by atoms with E-state index in [2.05, 4.69) is 41.7 Å². The van der Waals surface area contributed by atoms with E-state index in [1.165, 1.54) is 11.1 Å². The lowest BCUT2D eigenvalue weighted by Gasteiger charge is -2.38. The third kappa shape index (κ3) is 2.10. The fraction of sp³-hybridized carbons (Fsp3) is 0.263. The monoisotopic (exact) mass is 311 g/mol. The van der Waals surface area contributed by atoms with Crippen LogP contribution in [-0.4, -0.2) is 7.11 Å². The maximum absolute atomic E-state index is 6.43. The summed E-state index contributed by atoms with van der Waals surface area (Å²) in [6.45, 7) is 0. The summed E-state index contributed by atoms with van der Waals surface area (Å²) in [5.41, 5.74) is 3.64. The van der Waals surface area contributed by atoms with Gasteiger partial charge in [-0.1, -0.05) is 48.0 Å². The number of benzene rings is 2. The van der Waals surface area contributed by atoms with Gasteiger partial charge >= 0.3 is 0 Å². The molecule has 2 aromatic carbocycles. The highest BCUT2D eigenvalue weighted by molar-refractivity contribution is 6.33. The fourth-order valence-electron chi connectivity index (χ4n) is 3.75. The van der Waals surface area contributed by atoms with Crippen LogP contribution in [0, 0.1) is 5.92 Å². The molecule has 0 spiro atoms. The lowest BCUT2D eigenvalue weighted by molar-refractivity contribution is 0.406. The highest BCUT2D eigenvalue weighted by atomic mass is 35.5. The Kier molecular flexibility index (Phi) is 3.34. The van der Waals surface area contributed by atoms with Crippen molar-refractivity contribution < 1.29 is 4.74 Å². The second-order valence-corrected chi connectivity index (χ2v) is 6.36. The zero-order valence-corrected chi connectivity index (χ0v) is 13.2. The molecule has 0 bridgehead atoms. The van der Waals surface area contributed by atoms with Crippen molar-refractivity contribution in [3.05, 3.63) is 70.8 Å². The van der Waals surface area contributed by atoms with Gasteiger partial charge in [0.1, 0.15) is 5.75 Å². The van der Waals surface area contributed by atoms with E-state index in [-0.39, 0.29) is 6.04 Å². The zero-order valence-electron chi connectivity index (χ0n) is 12.4. The van der Waals surface area contributed by atoms with Gasteiger partial charge in [-0.3, -0.25) is 0 Å². The van der Waals surface area contributed by atoms with Gasteiger partial charge in [0.2, 0.25) is 0 Å². The Morgan fingerprint density at radius 3 is 2.91 bits per heavy atom.